The van der Waals surface area contributed by atoms with Gasteiger partial charge >= 0.3 is 12.1 Å². The van der Waals surface area contributed by atoms with Gasteiger partial charge in [-0.15, -0.1) is 0 Å². The summed E-state index contributed by atoms with van der Waals surface area (Å²) < 4.78 is 10.5. The first-order valence-corrected chi connectivity index (χ1v) is 13.4. The van der Waals surface area contributed by atoms with Crippen molar-refractivity contribution in [2.24, 2.45) is 5.11 Å². The molecule has 0 spiro atoms. The maximum atomic E-state index is 13.1. The number of hydrazine groups is 1. The van der Waals surface area contributed by atoms with Crippen molar-refractivity contribution in [3.63, 3.8) is 0 Å². The number of unbranched alkanes of at least 4 members (excludes halogenated alkanes) is 2. The molecule has 2 atom stereocenters. The summed E-state index contributed by atoms with van der Waals surface area (Å²) in [6.45, 7) is 7.19. The fourth-order valence-electron chi connectivity index (χ4n) is 3.60. The Bertz CT molecular complexity index is 993. The second-order valence-electron chi connectivity index (χ2n) is 10.4. The summed E-state index contributed by atoms with van der Waals surface area (Å²) in [4.78, 5) is 53.0. The van der Waals surface area contributed by atoms with Crippen LogP contribution in [-0.4, -0.2) is 66.7 Å². The number of alkyl carbamates (subject to hydrolysis) is 1. The smallest absolute Gasteiger partial charge is 0.408 e. The van der Waals surface area contributed by atoms with Gasteiger partial charge in [0.2, 0.25) is 11.8 Å². The molecule has 0 radical (unpaired) electrons. The van der Waals surface area contributed by atoms with Gasteiger partial charge in [-0.25, -0.2) is 9.80 Å². The van der Waals surface area contributed by atoms with E-state index in [1.54, 1.807) is 20.8 Å². The summed E-state index contributed by atoms with van der Waals surface area (Å²) in [5, 5.41) is 10.2. The average molecular weight is 562 g/mol. The highest BCUT2D eigenvalue weighted by Gasteiger charge is 2.26. The number of amides is 3. The predicted octanol–water partition coefficient (Wildman–Crippen LogP) is 3.74. The lowest BCUT2D eigenvalue weighted by Crippen LogP contribution is -2.52. The highest BCUT2D eigenvalue weighted by Crippen LogP contribution is 2.10. The molecular weight excluding hydrogens is 518 g/mol. The van der Waals surface area contributed by atoms with Crippen molar-refractivity contribution in [1.82, 2.24) is 21.1 Å². The topological polar surface area (TPSA) is 175 Å². The van der Waals surface area contributed by atoms with Gasteiger partial charge in [-0.2, -0.15) is 0 Å². The van der Waals surface area contributed by atoms with Crippen LogP contribution >= 0.6 is 0 Å². The monoisotopic (exact) mass is 561 g/mol. The molecule has 0 aliphatic rings. The molecule has 0 bridgehead atoms. The van der Waals surface area contributed by atoms with Crippen LogP contribution in [0.3, 0.4) is 0 Å². The highest BCUT2D eigenvalue weighted by atomic mass is 16.6. The van der Waals surface area contributed by atoms with E-state index in [0.29, 0.717) is 12.8 Å². The number of hydrogen-bond acceptors (Lipinski definition) is 8. The van der Waals surface area contributed by atoms with Crippen molar-refractivity contribution < 1.29 is 28.7 Å². The van der Waals surface area contributed by atoms with E-state index in [4.69, 9.17) is 15.0 Å². The maximum Gasteiger partial charge on any atom is 0.408 e. The third-order valence-electron chi connectivity index (χ3n) is 5.45. The molecule has 1 aromatic rings. The van der Waals surface area contributed by atoms with E-state index in [-0.39, 0.29) is 32.5 Å². The molecule has 3 N–H and O–H groups in total. The number of likely N-dealkylation sites (N-methyl/N-ethyl adjacent to an activating group) is 1. The van der Waals surface area contributed by atoms with Crippen molar-refractivity contribution >= 4 is 23.9 Å². The summed E-state index contributed by atoms with van der Waals surface area (Å²) >= 11 is 0. The van der Waals surface area contributed by atoms with Crippen LogP contribution in [0.25, 0.3) is 10.4 Å². The Kier molecular flexibility index (Phi) is 15.8. The van der Waals surface area contributed by atoms with Crippen molar-refractivity contribution in [2.45, 2.75) is 90.5 Å². The zero-order valence-electron chi connectivity index (χ0n) is 24.1. The third kappa shape index (κ3) is 16.2. The first-order valence-electron chi connectivity index (χ1n) is 13.4. The number of ether oxygens (including phenoxy) is 2. The number of carbonyl (C=O) groups excluding carboxylic acids is 4. The Hall–Kier alpha value is -3.83. The van der Waals surface area contributed by atoms with E-state index < -0.39 is 41.6 Å². The predicted molar refractivity (Wildman–Crippen MR) is 149 cm³/mol. The molecule has 0 aromatic heterocycles. The Morgan fingerprint density at radius 1 is 1.07 bits per heavy atom. The molecule has 1 aromatic carbocycles. The van der Waals surface area contributed by atoms with E-state index in [9.17, 15) is 19.2 Å². The van der Waals surface area contributed by atoms with E-state index in [0.717, 1.165) is 18.4 Å². The van der Waals surface area contributed by atoms with Gasteiger partial charge in [-0.1, -0.05) is 61.6 Å². The number of nitrogens with zero attached hydrogens (tertiary/aromatic N) is 4. The second-order valence-corrected chi connectivity index (χ2v) is 10.4. The minimum Gasteiger partial charge on any atom is -0.460 e. The maximum absolute atomic E-state index is 13.1. The minimum atomic E-state index is -0.867. The van der Waals surface area contributed by atoms with Crippen LogP contribution in [0.15, 0.2) is 35.4 Å². The van der Waals surface area contributed by atoms with E-state index in [2.05, 4.69) is 26.1 Å². The van der Waals surface area contributed by atoms with Crippen LogP contribution in [0.2, 0.25) is 0 Å². The van der Waals surface area contributed by atoms with Crippen molar-refractivity contribution in [1.29, 1.82) is 0 Å². The Labute approximate surface area is 235 Å². The highest BCUT2D eigenvalue weighted by molar-refractivity contribution is 5.86. The molecule has 40 heavy (non-hydrogen) atoms. The van der Waals surface area contributed by atoms with Gasteiger partial charge in [0.15, 0.2) is 0 Å². The second kappa shape index (κ2) is 18.5. The Morgan fingerprint density at radius 2 is 1.77 bits per heavy atom. The summed E-state index contributed by atoms with van der Waals surface area (Å²) in [6.07, 6.45) is 2.24. The lowest BCUT2D eigenvalue weighted by atomic mass is 10.1. The van der Waals surface area contributed by atoms with Crippen molar-refractivity contribution in [3.05, 3.63) is 46.3 Å². The number of esters is 1. The van der Waals surface area contributed by atoms with Gasteiger partial charge < -0.3 is 20.1 Å². The molecule has 13 heteroatoms. The largest absolute Gasteiger partial charge is 0.460 e. The van der Waals surface area contributed by atoms with Crippen LogP contribution in [0.5, 0.6) is 0 Å². The molecule has 0 fully saturated rings. The van der Waals surface area contributed by atoms with E-state index in [1.807, 2.05) is 37.3 Å². The van der Waals surface area contributed by atoms with Crippen molar-refractivity contribution in [2.75, 3.05) is 20.1 Å². The first-order chi connectivity index (χ1) is 18.9. The van der Waals surface area contributed by atoms with Gasteiger partial charge in [-0.3, -0.25) is 19.8 Å². The molecule has 0 saturated heterocycles. The average Bonchev–Trinajstić information content (AvgIpc) is 2.86. The SMILES string of the molecule is CCCCC[C@H](NC(=O)OC(C)(C)C)C(=O)N[C@@H](CCN=[N+]=[N-])CC(=O)NN(C)CC(=O)OCc1ccccc1. The van der Waals surface area contributed by atoms with Crippen LogP contribution < -0.4 is 16.1 Å². The summed E-state index contributed by atoms with van der Waals surface area (Å²) in [5.74, 6) is -1.46. The molecule has 0 aliphatic heterocycles. The van der Waals surface area contributed by atoms with E-state index in [1.165, 1.54) is 12.1 Å². The molecule has 222 valence electrons. The summed E-state index contributed by atoms with van der Waals surface area (Å²) in [7, 11) is 1.52. The number of carbonyl (C=O) groups is 4. The fourth-order valence-corrected chi connectivity index (χ4v) is 3.60. The normalized spacial score (nSPS) is 12.4. The number of benzene rings is 1. The summed E-state index contributed by atoms with van der Waals surface area (Å²) in [6, 6.07) is 7.66. The standard InChI is InChI=1S/C27H43N7O6/c1-6-7-9-14-22(31-26(38)40-27(2,3)4)25(37)30-21(15-16-29-33-28)17-23(35)32-34(5)18-24(36)39-19-20-12-10-8-11-13-20/h8,10-13,21-22H,6-7,9,14-19H2,1-5H3,(H,30,37)(H,31,38)(H,32,35)/t21-,22-/m0/s1. The molecule has 0 unspecified atom stereocenters. The lowest BCUT2D eigenvalue weighted by molar-refractivity contribution is -0.147. The Balaban J connectivity index is 2.74. The number of nitrogens with one attached hydrogen (secondary N) is 3. The summed E-state index contributed by atoms with van der Waals surface area (Å²) in [5.41, 5.74) is 11.3. The quantitative estimate of drug-likeness (QED) is 0.0648. The minimum absolute atomic E-state index is 0.0520. The van der Waals surface area contributed by atoms with Gasteiger partial charge in [-0.05, 0) is 44.7 Å². The van der Waals surface area contributed by atoms with Crippen LogP contribution in [0.1, 0.15) is 71.8 Å². The number of azide groups is 1. The Morgan fingerprint density at radius 3 is 2.40 bits per heavy atom. The van der Waals surface area contributed by atoms with Crippen LogP contribution in [0, 0.1) is 0 Å². The van der Waals surface area contributed by atoms with Gasteiger partial charge in [0.05, 0.1) is 0 Å². The molecule has 0 aliphatic carbocycles. The first kappa shape index (κ1) is 34.2. The fraction of sp³-hybridized carbons (Fsp3) is 0.630. The van der Waals surface area contributed by atoms with E-state index >= 15 is 0 Å². The van der Waals surface area contributed by atoms with Crippen LogP contribution in [0.4, 0.5) is 4.79 Å². The zero-order chi connectivity index (χ0) is 30.0. The molecule has 0 saturated carbocycles. The number of rotatable bonds is 17. The van der Waals surface area contributed by atoms with Crippen LogP contribution in [-0.2, 0) is 30.5 Å². The lowest BCUT2D eigenvalue weighted by Gasteiger charge is -2.26. The molecular formula is C27H43N7O6. The molecule has 0 heterocycles. The third-order valence-corrected chi connectivity index (χ3v) is 5.45. The molecule has 1 rings (SSSR count). The molecule has 13 nitrogen and oxygen atoms in total. The number of hydrogen-bond donors (Lipinski definition) is 3. The molecule has 3 amide bonds. The zero-order valence-corrected chi connectivity index (χ0v) is 24.1. The van der Waals surface area contributed by atoms with Gasteiger partial charge in [0.1, 0.15) is 24.8 Å². The van der Waals surface area contributed by atoms with Crippen molar-refractivity contribution in [3.8, 4) is 0 Å². The van der Waals surface area contributed by atoms with Gasteiger partial charge in [0.25, 0.3) is 0 Å². The van der Waals surface area contributed by atoms with Gasteiger partial charge in [0, 0.05) is 31.0 Å².